The van der Waals surface area contributed by atoms with Crippen LogP contribution in [0.1, 0.15) is 0 Å². The second-order valence-corrected chi connectivity index (χ2v) is 14.4. The van der Waals surface area contributed by atoms with Crippen molar-refractivity contribution in [3.05, 3.63) is 182 Å². The molecule has 6 nitrogen and oxygen atoms in total. The Balaban J connectivity index is 1.04. The Hall–Kier alpha value is -7.83. The van der Waals surface area contributed by atoms with E-state index in [2.05, 4.69) is 102 Å². The van der Waals surface area contributed by atoms with E-state index < -0.39 is 0 Å². The lowest BCUT2D eigenvalue weighted by atomic mass is 9.99. The normalized spacial score (nSPS) is 11.9. The number of furan rings is 2. The van der Waals surface area contributed by atoms with Crippen LogP contribution in [-0.2, 0) is 0 Å². The molecule has 0 aliphatic heterocycles. The molecule has 0 saturated carbocycles. The molecule has 0 saturated heterocycles. The van der Waals surface area contributed by atoms with Gasteiger partial charge in [-0.05, 0) is 65.7 Å². The topological polar surface area (TPSA) is 69.9 Å². The lowest BCUT2D eigenvalue weighted by Crippen LogP contribution is -2.00. The molecule has 0 aliphatic carbocycles. The molecular weight excluding hydrogens is 701 g/mol. The van der Waals surface area contributed by atoms with Gasteiger partial charge in [0.05, 0.1) is 22.1 Å². The summed E-state index contributed by atoms with van der Waals surface area (Å²) in [6, 6.07) is 62.7. The fourth-order valence-corrected chi connectivity index (χ4v) is 8.48. The molecule has 4 heterocycles. The molecule has 0 unspecified atom stereocenters. The summed E-state index contributed by atoms with van der Waals surface area (Å²) in [5.74, 6) is 1.83. The van der Waals surface area contributed by atoms with Crippen LogP contribution < -0.4 is 0 Å². The van der Waals surface area contributed by atoms with Crippen LogP contribution >= 0.6 is 0 Å². The summed E-state index contributed by atoms with van der Waals surface area (Å²) in [4.78, 5) is 15.1. The Morgan fingerprint density at radius 1 is 0.333 bits per heavy atom. The third kappa shape index (κ3) is 4.94. The van der Waals surface area contributed by atoms with Crippen molar-refractivity contribution in [1.29, 1.82) is 0 Å². The molecule has 8 aromatic carbocycles. The predicted molar refractivity (Wildman–Crippen MR) is 230 cm³/mol. The third-order valence-electron chi connectivity index (χ3n) is 11.1. The van der Waals surface area contributed by atoms with Crippen molar-refractivity contribution in [3.8, 4) is 51.0 Å². The smallest absolute Gasteiger partial charge is 0.164 e. The van der Waals surface area contributed by atoms with E-state index in [1.54, 1.807) is 0 Å². The van der Waals surface area contributed by atoms with Crippen molar-refractivity contribution in [3.63, 3.8) is 0 Å². The first kappa shape index (κ1) is 31.5. The summed E-state index contributed by atoms with van der Waals surface area (Å²) in [6.07, 6.45) is 0. The van der Waals surface area contributed by atoms with E-state index >= 15 is 0 Å². The largest absolute Gasteiger partial charge is 0.456 e. The van der Waals surface area contributed by atoms with Crippen molar-refractivity contribution >= 4 is 65.7 Å². The van der Waals surface area contributed by atoms with E-state index in [-0.39, 0.29) is 0 Å². The molecule has 266 valence electrons. The number of rotatable bonds is 5. The predicted octanol–water partition coefficient (Wildman–Crippen LogP) is 13.4. The number of aromatic nitrogens is 4. The molecule has 57 heavy (non-hydrogen) atoms. The molecule has 0 N–H and O–H groups in total. The minimum absolute atomic E-state index is 0.594. The first-order valence-corrected chi connectivity index (χ1v) is 19.0. The highest BCUT2D eigenvalue weighted by Gasteiger charge is 2.20. The van der Waals surface area contributed by atoms with Gasteiger partial charge >= 0.3 is 0 Å². The molecule has 0 atom stereocenters. The van der Waals surface area contributed by atoms with Gasteiger partial charge in [-0.15, -0.1) is 0 Å². The molecule has 0 bridgehead atoms. The maximum absolute atomic E-state index is 6.49. The van der Waals surface area contributed by atoms with Crippen LogP contribution in [0.15, 0.2) is 191 Å². The van der Waals surface area contributed by atoms with Gasteiger partial charge < -0.3 is 13.4 Å². The van der Waals surface area contributed by atoms with Gasteiger partial charge in [-0.25, -0.2) is 15.0 Å². The van der Waals surface area contributed by atoms with Gasteiger partial charge in [0.2, 0.25) is 0 Å². The van der Waals surface area contributed by atoms with Gasteiger partial charge in [0.15, 0.2) is 17.5 Å². The van der Waals surface area contributed by atoms with E-state index in [1.165, 1.54) is 10.8 Å². The van der Waals surface area contributed by atoms with Crippen LogP contribution in [0.25, 0.3) is 117 Å². The molecule has 0 fully saturated rings. The van der Waals surface area contributed by atoms with Crippen molar-refractivity contribution in [1.82, 2.24) is 19.5 Å². The van der Waals surface area contributed by atoms with E-state index in [0.717, 1.165) is 88.4 Å². The first-order chi connectivity index (χ1) is 28.2. The zero-order chi connectivity index (χ0) is 37.5. The fourth-order valence-electron chi connectivity index (χ4n) is 8.48. The summed E-state index contributed by atoms with van der Waals surface area (Å²) in [5, 5.41) is 6.56. The molecule has 0 amide bonds. The van der Waals surface area contributed by atoms with Crippen molar-refractivity contribution in [2.45, 2.75) is 0 Å². The van der Waals surface area contributed by atoms with Crippen LogP contribution in [0, 0.1) is 0 Å². The Morgan fingerprint density at radius 2 is 0.877 bits per heavy atom. The van der Waals surface area contributed by atoms with Crippen molar-refractivity contribution in [2.24, 2.45) is 0 Å². The van der Waals surface area contributed by atoms with Gasteiger partial charge in [0.25, 0.3) is 0 Å². The highest BCUT2D eigenvalue weighted by atomic mass is 16.3. The zero-order valence-corrected chi connectivity index (χ0v) is 30.4. The van der Waals surface area contributed by atoms with Crippen LogP contribution in [0.5, 0.6) is 0 Å². The van der Waals surface area contributed by atoms with Gasteiger partial charge in [0, 0.05) is 43.6 Å². The Bertz CT molecular complexity index is 3470. The second kappa shape index (κ2) is 12.3. The van der Waals surface area contributed by atoms with Crippen molar-refractivity contribution in [2.75, 3.05) is 0 Å². The standard InChI is InChI=1S/C51H30N4O2/c1-3-13-31(14-4-1)49-52-50(32-15-5-2-6-16-32)54-51(53-49)37-19-11-23-45-47(37)39-30-34(26-28-44(39)57-45)33-25-27-41-38(29-33)35-17-7-9-20-40(35)55(41)42-21-12-24-46-48(42)36-18-8-10-22-43(36)56-46/h1-30H. The van der Waals surface area contributed by atoms with E-state index in [4.69, 9.17) is 23.8 Å². The number of para-hydroxylation sites is 2. The Kier molecular flexibility index (Phi) is 6.83. The van der Waals surface area contributed by atoms with Gasteiger partial charge in [0.1, 0.15) is 22.3 Å². The third-order valence-corrected chi connectivity index (χ3v) is 11.1. The number of hydrogen-bond donors (Lipinski definition) is 0. The molecular formula is C51H30N4O2. The van der Waals surface area contributed by atoms with E-state index in [1.807, 2.05) is 84.9 Å². The maximum atomic E-state index is 6.49. The highest BCUT2D eigenvalue weighted by molar-refractivity contribution is 6.16. The summed E-state index contributed by atoms with van der Waals surface area (Å²) in [5.41, 5.74) is 11.7. The van der Waals surface area contributed by atoms with Gasteiger partial charge in [-0.1, -0.05) is 127 Å². The molecule has 0 aliphatic rings. The number of hydrogen-bond acceptors (Lipinski definition) is 5. The second-order valence-electron chi connectivity index (χ2n) is 14.4. The molecule has 4 aromatic heterocycles. The number of nitrogens with zero attached hydrogens (tertiary/aromatic N) is 4. The molecule has 12 aromatic rings. The van der Waals surface area contributed by atoms with E-state index in [9.17, 15) is 0 Å². The van der Waals surface area contributed by atoms with Crippen LogP contribution in [-0.4, -0.2) is 19.5 Å². The average Bonchev–Trinajstić information content (AvgIpc) is 3.96. The Labute approximate surface area is 325 Å². The number of fused-ring (bicyclic) bond motifs is 9. The lowest BCUT2D eigenvalue weighted by molar-refractivity contribution is 0.668. The fraction of sp³-hybridized carbons (Fsp3) is 0. The maximum Gasteiger partial charge on any atom is 0.164 e. The monoisotopic (exact) mass is 730 g/mol. The summed E-state index contributed by atoms with van der Waals surface area (Å²) >= 11 is 0. The summed E-state index contributed by atoms with van der Waals surface area (Å²) < 4.78 is 15.2. The van der Waals surface area contributed by atoms with Gasteiger partial charge in [-0.3, -0.25) is 0 Å². The quantitative estimate of drug-likeness (QED) is 0.176. The molecule has 6 heteroatoms. The van der Waals surface area contributed by atoms with Crippen molar-refractivity contribution < 1.29 is 8.83 Å². The molecule has 0 radical (unpaired) electrons. The molecule has 0 spiro atoms. The summed E-state index contributed by atoms with van der Waals surface area (Å²) in [7, 11) is 0. The first-order valence-electron chi connectivity index (χ1n) is 19.0. The van der Waals surface area contributed by atoms with Crippen LogP contribution in [0.4, 0.5) is 0 Å². The SMILES string of the molecule is c1ccc(-c2nc(-c3ccccc3)nc(-c3cccc4oc5ccc(-c6ccc7c(c6)c6ccccc6n7-c6cccc7oc8ccccc8c67)cc5c34)n2)cc1. The zero-order valence-electron chi connectivity index (χ0n) is 30.4. The number of benzene rings is 8. The van der Waals surface area contributed by atoms with Crippen LogP contribution in [0.3, 0.4) is 0 Å². The van der Waals surface area contributed by atoms with Gasteiger partial charge in [-0.2, -0.15) is 0 Å². The lowest BCUT2D eigenvalue weighted by Gasteiger charge is -2.10. The molecule has 12 rings (SSSR count). The summed E-state index contributed by atoms with van der Waals surface area (Å²) in [6.45, 7) is 0. The van der Waals surface area contributed by atoms with Crippen LogP contribution in [0.2, 0.25) is 0 Å². The minimum atomic E-state index is 0.594. The Morgan fingerprint density at radius 3 is 1.63 bits per heavy atom. The van der Waals surface area contributed by atoms with E-state index in [0.29, 0.717) is 17.5 Å². The minimum Gasteiger partial charge on any atom is -0.456 e. The highest BCUT2D eigenvalue weighted by Crippen LogP contribution is 2.42. The average molecular weight is 731 g/mol.